The Morgan fingerprint density at radius 2 is 1.75 bits per heavy atom. The second-order valence-corrected chi connectivity index (χ2v) is 6.98. The molecule has 0 saturated carbocycles. The molecule has 0 bridgehead atoms. The minimum absolute atomic E-state index is 0.0563. The molecule has 2 aliphatic heterocycles. The van der Waals surface area contributed by atoms with Crippen molar-refractivity contribution in [3.05, 3.63) is 61.9 Å². The lowest BCUT2D eigenvalue weighted by atomic mass is 10.1. The first-order chi connectivity index (χ1) is 13.5. The monoisotopic (exact) mass is 378 g/mol. The predicted octanol–water partition coefficient (Wildman–Crippen LogP) is 0.838. The molecule has 4 rings (SSSR count). The summed E-state index contributed by atoms with van der Waals surface area (Å²) in [4.78, 5) is 51.3. The van der Waals surface area contributed by atoms with Crippen molar-refractivity contribution in [2.45, 2.75) is 38.8 Å². The van der Waals surface area contributed by atoms with Gasteiger partial charge < -0.3 is 4.90 Å². The highest BCUT2D eigenvalue weighted by molar-refractivity contribution is 5.98. The van der Waals surface area contributed by atoms with E-state index in [4.69, 9.17) is 0 Å². The van der Waals surface area contributed by atoms with Gasteiger partial charge in [-0.05, 0) is 43.5 Å². The summed E-state index contributed by atoms with van der Waals surface area (Å²) >= 11 is 0. The van der Waals surface area contributed by atoms with Crippen molar-refractivity contribution in [2.24, 2.45) is 0 Å². The average Bonchev–Trinajstić information content (AvgIpc) is 3.35. The molecule has 1 aromatic carbocycles. The first-order valence-electron chi connectivity index (χ1n) is 9.21. The number of aromatic nitrogens is 2. The molecule has 1 fully saturated rings. The third-order valence-electron chi connectivity index (χ3n) is 5.32. The van der Waals surface area contributed by atoms with Gasteiger partial charge in [0.05, 0.1) is 6.54 Å². The van der Waals surface area contributed by atoms with Crippen LogP contribution in [0, 0.1) is 11.3 Å². The molecule has 0 spiro atoms. The molecule has 0 unspecified atom stereocenters. The molecule has 28 heavy (non-hydrogen) atoms. The van der Waals surface area contributed by atoms with E-state index in [1.165, 1.54) is 4.57 Å². The first-order valence-corrected chi connectivity index (χ1v) is 9.21. The summed E-state index contributed by atoms with van der Waals surface area (Å²) in [5.41, 5.74) is 0.192. The highest BCUT2D eigenvalue weighted by Gasteiger charge is 2.24. The Kier molecular flexibility index (Phi) is 4.43. The minimum Gasteiger partial charge on any atom is -0.312 e. The normalized spacial score (nSPS) is 15.5. The van der Waals surface area contributed by atoms with Crippen LogP contribution in [0.25, 0.3) is 0 Å². The lowest BCUT2D eigenvalue weighted by molar-refractivity contribution is -0.117. The number of Topliss-reactive ketones (excluding diaryl/α,β-unsaturated/α-hetero) is 1. The van der Waals surface area contributed by atoms with Gasteiger partial charge >= 0.3 is 5.69 Å². The second-order valence-electron chi connectivity index (χ2n) is 6.98. The van der Waals surface area contributed by atoms with Crippen molar-refractivity contribution in [1.29, 1.82) is 5.26 Å². The molecule has 0 radical (unpaired) electrons. The summed E-state index contributed by atoms with van der Waals surface area (Å²) in [6.45, 7) is 0.675. The molecule has 0 aliphatic carbocycles. The maximum Gasteiger partial charge on any atom is 0.331 e. The van der Waals surface area contributed by atoms with Crippen LogP contribution in [0.3, 0.4) is 0 Å². The molecular weight excluding hydrogens is 360 g/mol. The van der Waals surface area contributed by atoms with Gasteiger partial charge in [0.2, 0.25) is 5.91 Å². The van der Waals surface area contributed by atoms with Gasteiger partial charge in [0, 0.05) is 36.5 Å². The van der Waals surface area contributed by atoms with Gasteiger partial charge in [-0.25, -0.2) is 4.79 Å². The van der Waals surface area contributed by atoms with Gasteiger partial charge in [-0.15, -0.1) is 0 Å². The number of anilines is 1. The van der Waals surface area contributed by atoms with E-state index in [9.17, 15) is 24.4 Å². The van der Waals surface area contributed by atoms with Crippen LogP contribution in [0.15, 0.2) is 33.9 Å². The van der Waals surface area contributed by atoms with Crippen LogP contribution >= 0.6 is 0 Å². The Balaban J connectivity index is 1.63. The number of amides is 1. The summed E-state index contributed by atoms with van der Waals surface area (Å²) < 4.78 is 2.25. The number of hydrogen-bond acceptors (Lipinski definition) is 5. The van der Waals surface area contributed by atoms with Crippen molar-refractivity contribution in [2.75, 3.05) is 11.4 Å². The van der Waals surface area contributed by atoms with Gasteiger partial charge in [-0.1, -0.05) is 0 Å². The third-order valence-corrected chi connectivity index (χ3v) is 5.32. The molecular formula is C20H18N4O4. The zero-order chi connectivity index (χ0) is 19.8. The summed E-state index contributed by atoms with van der Waals surface area (Å²) in [6, 6.07) is 8.43. The number of hydrogen-bond donors (Lipinski definition) is 0. The number of rotatable bonds is 4. The Labute approximate surface area is 160 Å². The van der Waals surface area contributed by atoms with E-state index in [0.717, 1.165) is 16.7 Å². The van der Waals surface area contributed by atoms with E-state index < -0.39 is 23.6 Å². The van der Waals surface area contributed by atoms with Gasteiger partial charge in [0.25, 0.3) is 5.56 Å². The first kappa shape index (κ1) is 17.9. The summed E-state index contributed by atoms with van der Waals surface area (Å²) in [6.07, 6.45) is 2.54. The van der Waals surface area contributed by atoms with Crippen LogP contribution in [0.5, 0.6) is 0 Å². The van der Waals surface area contributed by atoms with Crippen molar-refractivity contribution < 1.29 is 9.59 Å². The van der Waals surface area contributed by atoms with Crippen LogP contribution in [-0.2, 0) is 24.3 Å². The van der Waals surface area contributed by atoms with E-state index >= 15 is 0 Å². The molecule has 0 atom stereocenters. The van der Waals surface area contributed by atoms with E-state index in [1.807, 2.05) is 6.07 Å². The fourth-order valence-electron chi connectivity index (χ4n) is 3.87. The molecule has 1 saturated heterocycles. The molecule has 1 amide bonds. The zero-order valence-corrected chi connectivity index (χ0v) is 15.2. The minimum atomic E-state index is -0.715. The van der Waals surface area contributed by atoms with Crippen molar-refractivity contribution in [1.82, 2.24) is 9.13 Å². The number of fused-ring (bicyclic) bond motifs is 1. The highest BCUT2D eigenvalue weighted by Crippen LogP contribution is 2.22. The number of nitrogens with zero attached hydrogens (tertiary/aromatic N) is 4. The molecule has 1 aromatic heterocycles. The molecule has 2 aromatic rings. The Morgan fingerprint density at radius 1 is 1.04 bits per heavy atom. The summed E-state index contributed by atoms with van der Waals surface area (Å²) in [5, 5.41) is 9.31. The number of ketones is 1. The Bertz CT molecular complexity index is 1140. The standard InChI is InChI=1S/C20H18N4O4/c21-11-15-16-3-1-10-23(16)20(28)24(19(15)27)12-17(25)13-5-7-14(8-6-13)22-9-2-4-18(22)26/h5-8H,1-4,9-10,12H2. The fourth-order valence-corrected chi connectivity index (χ4v) is 3.87. The molecule has 8 nitrogen and oxygen atoms in total. The van der Waals surface area contributed by atoms with Crippen LogP contribution in [0.4, 0.5) is 5.69 Å². The number of nitriles is 1. The molecule has 8 heteroatoms. The molecule has 0 N–H and O–H groups in total. The van der Waals surface area contributed by atoms with E-state index in [1.54, 1.807) is 29.2 Å². The van der Waals surface area contributed by atoms with Gasteiger partial charge in [-0.2, -0.15) is 5.26 Å². The van der Waals surface area contributed by atoms with Gasteiger partial charge in [0.15, 0.2) is 5.78 Å². The lowest BCUT2D eigenvalue weighted by Crippen LogP contribution is -2.43. The average molecular weight is 378 g/mol. The summed E-state index contributed by atoms with van der Waals surface area (Å²) in [7, 11) is 0. The quantitative estimate of drug-likeness (QED) is 0.733. The molecule has 3 heterocycles. The predicted molar refractivity (Wildman–Crippen MR) is 100 cm³/mol. The van der Waals surface area contributed by atoms with Crippen LogP contribution < -0.4 is 16.1 Å². The van der Waals surface area contributed by atoms with Crippen LogP contribution in [0.1, 0.15) is 40.9 Å². The summed E-state index contributed by atoms with van der Waals surface area (Å²) in [5.74, 6) is -0.346. The molecule has 142 valence electrons. The van der Waals surface area contributed by atoms with Crippen molar-refractivity contribution in [3.63, 3.8) is 0 Å². The largest absolute Gasteiger partial charge is 0.331 e. The van der Waals surface area contributed by atoms with Gasteiger partial charge in [-0.3, -0.25) is 23.5 Å². The second kappa shape index (κ2) is 6.93. The topological polar surface area (TPSA) is 105 Å². The third kappa shape index (κ3) is 2.85. The Morgan fingerprint density at radius 3 is 2.39 bits per heavy atom. The lowest BCUT2D eigenvalue weighted by Gasteiger charge is -2.16. The van der Waals surface area contributed by atoms with E-state index in [0.29, 0.717) is 43.6 Å². The van der Waals surface area contributed by atoms with Crippen molar-refractivity contribution in [3.8, 4) is 6.07 Å². The fraction of sp³-hybridized carbons (Fsp3) is 0.350. The highest BCUT2D eigenvalue weighted by atomic mass is 16.2. The maximum absolute atomic E-state index is 12.6. The maximum atomic E-state index is 12.6. The zero-order valence-electron chi connectivity index (χ0n) is 15.2. The Hall–Kier alpha value is -3.47. The molecule has 2 aliphatic rings. The number of benzene rings is 1. The van der Waals surface area contributed by atoms with Crippen molar-refractivity contribution >= 4 is 17.4 Å². The van der Waals surface area contributed by atoms with Gasteiger partial charge in [0.1, 0.15) is 11.6 Å². The number of carbonyl (C=O) groups is 2. The van der Waals surface area contributed by atoms with Crippen LogP contribution in [-0.4, -0.2) is 27.4 Å². The van der Waals surface area contributed by atoms with E-state index in [2.05, 4.69) is 0 Å². The van der Waals surface area contributed by atoms with E-state index in [-0.39, 0.29) is 11.5 Å². The number of carbonyl (C=O) groups excluding carboxylic acids is 2. The SMILES string of the molecule is N#Cc1c2n(c(=O)n(CC(=O)c3ccc(N4CCCC4=O)cc3)c1=O)CCC2. The smallest absolute Gasteiger partial charge is 0.312 e. The van der Waals surface area contributed by atoms with Crippen LogP contribution in [0.2, 0.25) is 0 Å².